The third-order valence-corrected chi connectivity index (χ3v) is 4.11. The summed E-state index contributed by atoms with van der Waals surface area (Å²) in [5.74, 6) is 0. The zero-order valence-corrected chi connectivity index (χ0v) is 12.3. The van der Waals surface area contributed by atoms with E-state index in [4.69, 9.17) is 0 Å². The Bertz CT molecular complexity index is 807. The van der Waals surface area contributed by atoms with Crippen LogP contribution in [0.1, 0.15) is 0 Å². The van der Waals surface area contributed by atoms with Crippen molar-refractivity contribution >= 4 is 11.3 Å². The predicted molar refractivity (Wildman–Crippen MR) is 85.7 cm³/mol. The quantitative estimate of drug-likeness (QED) is 0.581. The van der Waals surface area contributed by atoms with Gasteiger partial charge in [-0.3, -0.25) is 9.97 Å². The first-order valence-electron chi connectivity index (χ1n) is 6.74. The summed E-state index contributed by atoms with van der Waals surface area (Å²) in [5.41, 5.74) is 3.61. The summed E-state index contributed by atoms with van der Waals surface area (Å²) in [5, 5.41) is 11.4. The Morgan fingerprint density at radius 1 is 0.864 bits per heavy atom. The van der Waals surface area contributed by atoms with Gasteiger partial charge in [0.25, 0.3) is 0 Å². The van der Waals surface area contributed by atoms with Gasteiger partial charge in [0, 0.05) is 23.3 Å². The van der Waals surface area contributed by atoms with Gasteiger partial charge >= 0.3 is 0 Å². The molecular weight excluding hydrogens is 294 g/mol. The first kappa shape index (κ1) is 12.8. The van der Waals surface area contributed by atoms with E-state index >= 15 is 0 Å². The highest BCUT2D eigenvalue weighted by atomic mass is 32.1. The Labute approximate surface area is 130 Å². The number of nitrogens with zero attached hydrogens (tertiary/aromatic N) is 5. The number of hydrogen-bond donors (Lipinski definition) is 0. The summed E-state index contributed by atoms with van der Waals surface area (Å²) < 4.78 is 1.76. The molecule has 5 nitrogen and oxygen atoms in total. The molecule has 0 saturated heterocycles. The monoisotopic (exact) mass is 305 g/mol. The van der Waals surface area contributed by atoms with Crippen molar-refractivity contribution in [2.75, 3.05) is 0 Å². The Hall–Kier alpha value is -2.86. The summed E-state index contributed by atoms with van der Waals surface area (Å²) in [6.45, 7) is 0. The molecule has 4 aromatic rings. The third kappa shape index (κ3) is 2.40. The lowest BCUT2D eigenvalue weighted by Crippen LogP contribution is -1.90. The molecule has 0 radical (unpaired) electrons. The highest BCUT2D eigenvalue weighted by molar-refractivity contribution is 7.13. The topological polar surface area (TPSA) is 56.5 Å². The normalized spacial score (nSPS) is 10.7. The predicted octanol–water partition coefficient (Wildman–Crippen LogP) is 3.45. The van der Waals surface area contributed by atoms with Gasteiger partial charge in [0.2, 0.25) is 0 Å². The van der Waals surface area contributed by atoms with Crippen LogP contribution < -0.4 is 0 Å². The zero-order valence-electron chi connectivity index (χ0n) is 11.5. The number of thiophene rings is 1. The number of aromatic nitrogens is 5. The van der Waals surface area contributed by atoms with Crippen molar-refractivity contribution < 1.29 is 0 Å². The van der Waals surface area contributed by atoms with E-state index in [0.717, 1.165) is 27.6 Å². The second-order valence-corrected chi connectivity index (χ2v) is 5.54. The molecule has 106 valence electrons. The van der Waals surface area contributed by atoms with Gasteiger partial charge in [-0.1, -0.05) is 17.3 Å². The highest BCUT2D eigenvalue weighted by Gasteiger charge is 2.09. The third-order valence-electron chi connectivity index (χ3n) is 3.19. The molecule has 0 aliphatic rings. The van der Waals surface area contributed by atoms with Gasteiger partial charge in [0.05, 0.1) is 17.6 Å². The molecule has 4 rings (SSSR count). The average molecular weight is 305 g/mol. The second kappa shape index (κ2) is 5.50. The molecule has 0 amide bonds. The van der Waals surface area contributed by atoms with Crippen LogP contribution in [0.2, 0.25) is 0 Å². The SMILES string of the molecule is c1ccc(-c2csc(-n3cc(-c4ccccn4)nn3)c2)nc1. The fourth-order valence-corrected chi connectivity index (χ4v) is 2.94. The Balaban J connectivity index is 1.66. The molecule has 0 saturated carbocycles. The van der Waals surface area contributed by atoms with Crippen LogP contribution in [0.3, 0.4) is 0 Å². The van der Waals surface area contributed by atoms with E-state index in [1.807, 2.05) is 42.6 Å². The highest BCUT2D eigenvalue weighted by Crippen LogP contribution is 2.26. The van der Waals surface area contributed by atoms with Crippen molar-refractivity contribution in [3.63, 3.8) is 0 Å². The molecule has 0 fully saturated rings. The summed E-state index contributed by atoms with van der Waals surface area (Å²) in [6, 6.07) is 13.7. The molecule has 0 atom stereocenters. The average Bonchev–Trinajstić information content (AvgIpc) is 3.26. The van der Waals surface area contributed by atoms with Crippen molar-refractivity contribution in [3.8, 4) is 27.6 Å². The molecule has 0 spiro atoms. The van der Waals surface area contributed by atoms with E-state index in [2.05, 4.69) is 31.7 Å². The molecule has 0 N–H and O–H groups in total. The van der Waals surface area contributed by atoms with Crippen LogP contribution in [0.5, 0.6) is 0 Å². The minimum Gasteiger partial charge on any atom is -0.256 e. The molecular formula is C16H11N5S. The summed E-state index contributed by atoms with van der Waals surface area (Å²) in [7, 11) is 0. The first-order chi connectivity index (χ1) is 10.9. The molecule has 4 heterocycles. The maximum Gasteiger partial charge on any atom is 0.131 e. The van der Waals surface area contributed by atoms with Crippen LogP contribution in [0.4, 0.5) is 0 Å². The lowest BCUT2D eigenvalue weighted by Gasteiger charge is -1.95. The smallest absolute Gasteiger partial charge is 0.131 e. The molecule has 0 unspecified atom stereocenters. The largest absolute Gasteiger partial charge is 0.256 e. The van der Waals surface area contributed by atoms with Crippen molar-refractivity contribution in [2.24, 2.45) is 0 Å². The van der Waals surface area contributed by atoms with Crippen LogP contribution in [0.25, 0.3) is 27.6 Å². The van der Waals surface area contributed by atoms with E-state index in [1.54, 1.807) is 28.4 Å². The van der Waals surface area contributed by atoms with E-state index in [-0.39, 0.29) is 0 Å². The van der Waals surface area contributed by atoms with Gasteiger partial charge in [-0.15, -0.1) is 16.4 Å². The van der Waals surface area contributed by atoms with Crippen molar-refractivity contribution in [1.82, 2.24) is 25.0 Å². The Morgan fingerprint density at radius 2 is 1.64 bits per heavy atom. The van der Waals surface area contributed by atoms with Crippen LogP contribution >= 0.6 is 11.3 Å². The minimum atomic E-state index is 0.758. The first-order valence-corrected chi connectivity index (χ1v) is 7.62. The van der Waals surface area contributed by atoms with Crippen molar-refractivity contribution in [2.45, 2.75) is 0 Å². The molecule has 0 aliphatic carbocycles. The lowest BCUT2D eigenvalue weighted by molar-refractivity contribution is 0.815. The fraction of sp³-hybridized carbons (Fsp3) is 0. The van der Waals surface area contributed by atoms with Gasteiger partial charge in [-0.05, 0) is 30.3 Å². The van der Waals surface area contributed by atoms with Crippen LogP contribution in [-0.4, -0.2) is 25.0 Å². The maximum absolute atomic E-state index is 4.36. The number of rotatable bonds is 3. The second-order valence-electron chi connectivity index (χ2n) is 4.65. The van der Waals surface area contributed by atoms with Gasteiger partial charge in [-0.25, -0.2) is 4.68 Å². The molecule has 0 bridgehead atoms. The van der Waals surface area contributed by atoms with E-state index in [0.29, 0.717) is 0 Å². The minimum absolute atomic E-state index is 0.758. The number of pyridine rings is 2. The molecule has 0 aliphatic heterocycles. The zero-order chi connectivity index (χ0) is 14.8. The van der Waals surface area contributed by atoms with Crippen molar-refractivity contribution in [3.05, 3.63) is 66.4 Å². The Kier molecular flexibility index (Phi) is 3.21. The van der Waals surface area contributed by atoms with Crippen molar-refractivity contribution in [1.29, 1.82) is 0 Å². The van der Waals surface area contributed by atoms with Gasteiger partial charge in [-0.2, -0.15) is 0 Å². The van der Waals surface area contributed by atoms with Gasteiger partial charge < -0.3 is 0 Å². The summed E-state index contributed by atoms with van der Waals surface area (Å²) in [6.07, 6.45) is 5.43. The lowest BCUT2D eigenvalue weighted by atomic mass is 10.2. The van der Waals surface area contributed by atoms with E-state index in [9.17, 15) is 0 Å². The van der Waals surface area contributed by atoms with Crippen LogP contribution in [0.15, 0.2) is 66.4 Å². The van der Waals surface area contributed by atoms with E-state index in [1.165, 1.54) is 0 Å². The van der Waals surface area contributed by atoms with Gasteiger partial charge in [0.15, 0.2) is 0 Å². The summed E-state index contributed by atoms with van der Waals surface area (Å²) in [4.78, 5) is 8.65. The summed E-state index contributed by atoms with van der Waals surface area (Å²) >= 11 is 1.61. The van der Waals surface area contributed by atoms with Gasteiger partial charge in [0.1, 0.15) is 10.7 Å². The standard InChI is InChI=1S/C16H11N5S/c1-3-7-17-13(5-1)12-9-16(22-11-12)21-10-15(19-20-21)14-6-2-4-8-18-14/h1-11H. The molecule has 22 heavy (non-hydrogen) atoms. The van der Waals surface area contributed by atoms with E-state index < -0.39 is 0 Å². The van der Waals surface area contributed by atoms with Crippen LogP contribution in [0, 0.1) is 0 Å². The molecule has 4 aromatic heterocycles. The molecule has 6 heteroatoms. The molecule has 0 aromatic carbocycles. The number of hydrogen-bond acceptors (Lipinski definition) is 5. The maximum atomic E-state index is 4.36. The van der Waals surface area contributed by atoms with Crippen LogP contribution in [-0.2, 0) is 0 Å². The fourth-order valence-electron chi connectivity index (χ4n) is 2.12. The Morgan fingerprint density at radius 3 is 2.36 bits per heavy atom.